The lowest BCUT2D eigenvalue weighted by atomic mass is 10.3. The fraction of sp³-hybridized carbons (Fsp3) is 0.750. The summed E-state index contributed by atoms with van der Waals surface area (Å²) < 4.78 is -3.94. The van der Waals surface area contributed by atoms with Gasteiger partial charge in [-0.3, -0.25) is 4.79 Å². The van der Waals surface area contributed by atoms with E-state index in [-0.39, 0.29) is 0 Å². The maximum atomic E-state index is 10.6. The van der Waals surface area contributed by atoms with Gasteiger partial charge in [0.15, 0.2) is 5.78 Å². The summed E-state index contributed by atoms with van der Waals surface area (Å²) in [6.07, 6.45) is 0. The van der Waals surface area contributed by atoms with Gasteiger partial charge in [-0.1, -0.05) is 58.0 Å². The molecule has 0 aliphatic heterocycles. The predicted molar refractivity (Wildman–Crippen MR) is 45.4 cm³/mol. The molecule has 0 bridgehead atoms. The van der Waals surface area contributed by atoms with Gasteiger partial charge in [0.05, 0.1) is 0 Å². The number of carbonyl (C=O) groups is 1. The minimum absolute atomic E-state index is 0.601. The van der Waals surface area contributed by atoms with Crippen molar-refractivity contribution < 1.29 is 4.79 Å². The Bertz CT molecular complexity index is 146. The van der Waals surface area contributed by atoms with Gasteiger partial charge in [-0.2, -0.15) is 0 Å². The molecule has 10 heavy (non-hydrogen) atoms. The van der Waals surface area contributed by atoms with E-state index in [1.807, 2.05) is 0 Å². The maximum absolute atomic E-state index is 10.6. The first-order chi connectivity index (χ1) is 4.19. The zero-order chi connectivity index (χ0) is 8.58. The van der Waals surface area contributed by atoms with Gasteiger partial charge >= 0.3 is 0 Å². The molecule has 0 saturated heterocycles. The molecule has 0 radical (unpaired) electrons. The monoisotopic (exact) mass is 242 g/mol. The third-order valence-corrected chi connectivity index (χ3v) is 3.33. The first-order valence-electron chi connectivity index (χ1n) is 2.15. The van der Waals surface area contributed by atoms with Gasteiger partial charge in [0, 0.05) is 0 Å². The highest BCUT2D eigenvalue weighted by atomic mass is 35.6. The Morgan fingerprint density at radius 3 is 1.40 bits per heavy atom. The van der Waals surface area contributed by atoms with Crippen molar-refractivity contribution in [2.45, 2.75) is 15.0 Å². The Morgan fingerprint density at radius 1 is 1.10 bits per heavy atom. The number of ketones is 1. The lowest BCUT2D eigenvalue weighted by Gasteiger charge is -2.23. The van der Waals surface area contributed by atoms with Crippen LogP contribution in [0.25, 0.3) is 0 Å². The Balaban J connectivity index is 4.57. The minimum Gasteiger partial charge on any atom is -0.296 e. The molecule has 60 valence electrons. The fourth-order valence-electron chi connectivity index (χ4n) is 0.200. The topological polar surface area (TPSA) is 17.1 Å². The van der Waals surface area contributed by atoms with Crippen molar-refractivity contribution in [1.82, 2.24) is 0 Å². The van der Waals surface area contributed by atoms with Gasteiger partial charge in [-0.15, -0.1) is 0 Å². The first kappa shape index (κ1) is 11.1. The molecule has 0 aromatic rings. The van der Waals surface area contributed by atoms with E-state index in [4.69, 9.17) is 58.0 Å². The summed E-state index contributed by atoms with van der Waals surface area (Å²) in [5, 5.41) is 0. The number of hydrogen-bond donors (Lipinski definition) is 0. The smallest absolute Gasteiger partial charge is 0.230 e. The average molecular weight is 244 g/mol. The van der Waals surface area contributed by atoms with Crippen LogP contribution in [0.3, 0.4) is 0 Å². The highest BCUT2D eigenvalue weighted by molar-refractivity contribution is 6.79. The molecular weight excluding hydrogens is 241 g/mol. The standard InChI is InChI=1S/C4H3Cl5O/c1-2(10)3(5,6)4(7,8)9/h1H3. The van der Waals surface area contributed by atoms with Crippen LogP contribution >= 0.6 is 58.0 Å². The first-order valence-corrected chi connectivity index (χ1v) is 4.04. The third kappa shape index (κ3) is 2.31. The Kier molecular flexibility index (Phi) is 3.60. The molecule has 0 saturated carbocycles. The summed E-state index contributed by atoms with van der Waals surface area (Å²) in [5.74, 6) is -0.601. The van der Waals surface area contributed by atoms with Crippen LogP contribution < -0.4 is 0 Å². The molecule has 0 spiro atoms. The molecule has 0 atom stereocenters. The Labute approximate surface area is 83.5 Å². The van der Waals surface area contributed by atoms with Gasteiger partial charge in [0.1, 0.15) is 0 Å². The number of halogens is 5. The van der Waals surface area contributed by atoms with Gasteiger partial charge < -0.3 is 0 Å². The van der Waals surface area contributed by atoms with Crippen LogP contribution in [0.5, 0.6) is 0 Å². The van der Waals surface area contributed by atoms with Crippen molar-refractivity contribution in [3.63, 3.8) is 0 Å². The lowest BCUT2D eigenvalue weighted by Crippen LogP contribution is -2.37. The summed E-state index contributed by atoms with van der Waals surface area (Å²) in [6.45, 7) is 1.14. The Morgan fingerprint density at radius 2 is 1.40 bits per heavy atom. The third-order valence-electron chi connectivity index (χ3n) is 0.798. The molecule has 1 nitrogen and oxygen atoms in total. The van der Waals surface area contributed by atoms with Crippen molar-refractivity contribution in [1.29, 1.82) is 0 Å². The van der Waals surface area contributed by atoms with Crippen molar-refractivity contribution >= 4 is 63.8 Å². The number of hydrogen-bond acceptors (Lipinski definition) is 1. The van der Waals surface area contributed by atoms with E-state index in [0.717, 1.165) is 6.92 Å². The summed E-state index contributed by atoms with van der Waals surface area (Å²) in [7, 11) is 0. The minimum atomic E-state index is -1.98. The molecule has 0 heterocycles. The number of carbonyl (C=O) groups excluding carboxylic acids is 1. The molecule has 0 rings (SSSR count). The fourth-order valence-corrected chi connectivity index (χ4v) is 0.599. The SMILES string of the molecule is CC(=O)C(Cl)(Cl)C(Cl)(Cl)Cl. The number of rotatable bonds is 1. The zero-order valence-corrected chi connectivity index (χ0v) is 8.58. The van der Waals surface area contributed by atoms with Gasteiger partial charge in [0.2, 0.25) is 8.13 Å². The second kappa shape index (κ2) is 3.24. The zero-order valence-electron chi connectivity index (χ0n) is 4.80. The molecule has 0 aliphatic rings. The highest BCUT2D eigenvalue weighted by Gasteiger charge is 2.49. The molecule has 0 aromatic carbocycles. The summed E-state index contributed by atoms with van der Waals surface area (Å²) in [6, 6.07) is 0. The quantitative estimate of drug-likeness (QED) is 0.648. The summed E-state index contributed by atoms with van der Waals surface area (Å²) in [4.78, 5) is 10.6. The van der Waals surface area contributed by atoms with Crippen molar-refractivity contribution in [2.24, 2.45) is 0 Å². The highest BCUT2D eigenvalue weighted by Crippen LogP contribution is 2.46. The van der Waals surface area contributed by atoms with E-state index in [0.29, 0.717) is 0 Å². The van der Waals surface area contributed by atoms with E-state index < -0.39 is 13.9 Å². The van der Waals surface area contributed by atoms with Crippen molar-refractivity contribution in [3.8, 4) is 0 Å². The molecular formula is C4H3Cl5O. The van der Waals surface area contributed by atoms with Crippen LogP contribution in [0.15, 0.2) is 0 Å². The molecule has 0 aromatic heterocycles. The number of alkyl halides is 5. The maximum Gasteiger partial charge on any atom is 0.230 e. The van der Waals surface area contributed by atoms with Crippen molar-refractivity contribution in [2.75, 3.05) is 0 Å². The Hall–Kier alpha value is 1.12. The molecule has 0 fully saturated rings. The largest absolute Gasteiger partial charge is 0.296 e. The number of Topliss-reactive ketones (excluding diaryl/α,β-unsaturated/α-hetero) is 1. The molecule has 0 amide bonds. The van der Waals surface area contributed by atoms with E-state index in [9.17, 15) is 4.79 Å². The van der Waals surface area contributed by atoms with Crippen LogP contribution in [-0.4, -0.2) is 13.9 Å². The molecule has 0 aliphatic carbocycles. The van der Waals surface area contributed by atoms with E-state index >= 15 is 0 Å². The normalized spacial score (nSPS) is 13.4. The van der Waals surface area contributed by atoms with Crippen LogP contribution in [-0.2, 0) is 4.79 Å². The van der Waals surface area contributed by atoms with E-state index in [2.05, 4.69) is 0 Å². The van der Waals surface area contributed by atoms with Crippen LogP contribution in [0.4, 0.5) is 0 Å². The second-order valence-electron chi connectivity index (χ2n) is 1.63. The molecule has 0 unspecified atom stereocenters. The predicted octanol–water partition coefficient (Wildman–Crippen LogP) is 3.12. The molecule has 6 heteroatoms. The van der Waals surface area contributed by atoms with Crippen LogP contribution in [0, 0.1) is 0 Å². The van der Waals surface area contributed by atoms with E-state index in [1.54, 1.807) is 0 Å². The summed E-state index contributed by atoms with van der Waals surface area (Å²) in [5.41, 5.74) is 0. The van der Waals surface area contributed by atoms with Crippen molar-refractivity contribution in [3.05, 3.63) is 0 Å². The van der Waals surface area contributed by atoms with E-state index in [1.165, 1.54) is 0 Å². The van der Waals surface area contributed by atoms with Crippen LogP contribution in [0.2, 0.25) is 0 Å². The van der Waals surface area contributed by atoms with Gasteiger partial charge in [-0.05, 0) is 6.92 Å². The van der Waals surface area contributed by atoms with Gasteiger partial charge in [-0.25, -0.2) is 0 Å². The van der Waals surface area contributed by atoms with Crippen LogP contribution in [0.1, 0.15) is 6.92 Å². The van der Waals surface area contributed by atoms with Gasteiger partial charge in [0.25, 0.3) is 0 Å². The molecule has 0 N–H and O–H groups in total. The second-order valence-corrected chi connectivity index (χ2v) is 5.24. The summed E-state index contributed by atoms with van der Waals surface area (Å²) >= 11 is 26.5. The average Bonchev–Trinajstić information content (AvgIpc) is 1.62. The lowest BCUT2D eigenvalue weighted by molar-refractivity contribution is -0.117.